The van der Waals surface area contributed by atoms with E-state index in [2.05, 4.69) is 11.1 Å². The first-order valence-electron chi connectivity index (χ1n) is 6.66. The highest BCUT2D eigenvalue weighted by Crippen LogP contribution is 2.39. The van der Waals surface area contributed by atoms with E-state index in [1.165, 1.54) is 0 Å². The lowest BCUT2D eigenvalue weighted by molar-refractivity contribution is 0.248. The number of benzene rings is 2. The molecule has 0 aliphatic carbocycles. The molecule has 0 radical (unpaired) electrons. The molecule has 0 spiro atoms. The predicted octanol–water partition coefficient (Wildman–Crippen LogP) is 3.23. The van der Waals surface area contributed by atoms with Crippen molar-refractivity contribution >= 4 is 0 Å². The second-order valence-electron chi connectivity index (χ2n) is 4.85. The molecule has 100 valence electrons. The fraction of sp³-hybridized carbons (Fsp3) is 0.0588. The minimum atomic E-state index is -0.238. The number of fused-ring (bicyclic) bond motifs is 3. The van der Waals surface area contributed by atoms with Gasteiger partial charge in [0.15, 0.2) is 6.10 Å². The highest BCUT2D eigenvalue weighted by molar-refractivity contribution is 5.53. The summed E-state index contributed by atoms with van der Waals surface area (Å²) in [6.07, 6.45) is 3.35. The Kier molecular flexibility index (Phi) is 2.51. The molecule has 4 rings (SSSR count). The number of hydrogen-bond acceptors (Lipinski definition) is 3. The van der Waals surface area contributed by atoms with Crippen LogP contribution in [0.25, 0.3) is 5.69 Å². The summed E-state index contributed by atoms with van der Waals surface area (Å²) in [6.45, 7) is 0. The van der Waals surface area contributed by atoms with Gasteiger partial charge in [-0.1, -0.05) is 30.3 Å². The van der Waals surface area contributed by atoms with Crippen molar-refractivity contribution in [3.8, 4) is 17.5 Å². The van der Waals surface area contributed by atoms with Crippen molar-refractivity contribution in [2.45, 2.75) is 6.10 Å². The quantitative estimate of drug-likeness (QED) is 0.720. The van der Waals surface area contributed by atoms with Crippen LogP contribution in [0.4, 0.5) is 0 Å². The zero-order valence-electron chi connectivity index (χ0n) is 11.1. The van der Waals surface area contributed by atoms with Crippen LogP contribution in [0.1, 0.15) is 22.9 Å². The van der Waals surface area contributed by atoms with Gasteiger partial charge in [0, 0.05) is 5.56 Å². The molecule has 2 heterocycles. The molecule has 0 N–H and O–H groups in total. The van der Waals surface area contributed by atoms with Crippen molar-refractivity contribution < 1.29 is 4.74 Å². The number of imidazole rings is 1. The van der Waals surface area contributed by atoms with Crippen molar-refractivity contribution in [1.29, 1.82) is 5.26 Å². The minimum Gasteiger partial charge on any atom is -0.478 e. The van der Waals surface area contributed by atoms with Crippen LogP contribution in [-0.4, -0.2) is 9.55 Å². The Labute approximate surface area is 121 Å². The summed E-state index contributed by atoms with van der Waals surface area (Å²) in [6, 6.07) is 17.5. The van der Waals surface area contributed by atoms with E-state index in [-0.39, 0.29) is 6.10 Å². The molecule has 1 atom stereocenters. The maximum atomic E-state index is 9.20. The van der Waals surface area contributed by atoms with Gasteiger partial charge >= 0.3 is 0 Å². The number of hydrogen-bond donors (Lipinski definition) is 0. The average Bonchev–Trinajstić information content (AvgIpc) is 3.11. The maximum absolute atomic E-state index is 9.20. The molecule has 0 bridgehead atoms. The summed E-state index contributed by atoms with van der Waals surface area (Å²) < 4.78 is 8.15. The number of nitrogens with zero attached hydrogens (tertiary/aromatic N) is 3. The van der Waals surface area contributed by atoms with E-state index >= 15 is 0 Å². The van der Waals surface area contributed by atoms with Crippen molar-refractivity contribution in [2.75, 3.05) is 0 Å². The van der Waals surface area contributed by atoms with Crippen LogP contribution in [0.5, 0.6) is 5.75 Å². The van der Waals surface area contributed by atoms with E-state index in [0.29, 0.717) is 11.3 Å². The summed E-state index contributed by atoms with van der Waals surface area (Å²) in [4.78, 5) is 4.20. The molecule has 2 aromatic carbocycles. The SMILES string of the molecule is N#Cc1ccccc1OC1c2ccccc2-n2cncc21. The molecule has 1 aromatic heterocycles. The first-order chi connectivity index (χ1) is 10.4. The van der Waals surface area contributed by atoms with Gasteiger partial charge in [-0.2, -0.15) is 5.26 Å². The van der Waals surface area contributed by atoms with E-state index in [4.69, 9.17) is 4.74 Å². The van der Waals surface area contributed by atoms with Gasteiger partial charge < -0.3 is 4.74 Å². The van der Waals surface area contributed by atoms with Gasteiger partial charge in [0.1, 0.15) is 11.8 Å². The molecular weight excluding hydrogens is 262 g/mol. The maximum Gasteiger partial charge on any atom is 0.168 e. The summed E-state index contributed by atoms with van der Waals surface area (Å²) in [5.41, 5.74) is 3.67. The van der Waals surface area contributed by atoms with Gasteiger partial charge in [0.05, 0.1) is 29.5 Å². The third-order valence-electron chi connectivity index (χ3n) is 3.67. The average molecular weight is 273 g/mol. The molecule has 0 amide bonds. The Balaban J connectivity index is 1.82. The molecule has 0 saturated heterocycles. The molecule has 4 nitrogen and oxygen atoms in total. The van der Waals surface area contributed by atoms with Gasteiger partial charge in [0.25, 0.3) is 0 Å². The van der Waals surface area contributed by atoms with Crippen LogP contribution in [0.3, 0.4) is 0 Å². The fourth-order valence-corrected chi connectivity index (χ4v) is 2.70. The highest BCUT2D eigenvalue weighted by Gasteiger charge is 2.30. The summed E-state index contributed by atoms with van der Waals surface area (Å²) in [5, 5.41) is 9.20. The molecule has 0 fully saturated rings. The smallest absolute Gasteiger partial charge is 0.168 e. The Morgan fingerprint density at radius 3 is 2.81 bits per heavy atom. The van der Waals surface area contributed by atoms with E-state index in [1.807, 2.05) is 47.0 Å². The normalized spacial score (nSPS) is 15.1. The summed E-state index contributed by atoms with van der Waals surface area (Å²) >= 11 is 0. The lowest BCUT2D eigenvalue weighted by atomic mass is 10.1. The third-order valence-corrected chi connectivity index (χ3v) is 3.67. The molecule has 21 heavy (non-hydrogen) atoms. The van der Waals surface area contributed by atoms with Gasteiger partial charge in [0.2, 0.25) is 0 Å². The Bertz CT molecular complexity index is 860. The number of para-hydroxylation sites is 2. The first kappa shape index (κ1) is 11.7. The number of ether oxygens (including phenoxy) is 1. The van der Waals surface area contributed by atoms with Crippen molar-refractivity contribution in [1.82, 2.24) is 9.55 Å². The van der Waals surface area contributed by atoms with E-state index < -0.39 is 0 Å². The number of aromatic nitrogens is 2. The predicted molar refractivity (Wildman–Crippen MR) is 77.2 cm³/mol. The molecule has 1 unspecified atom stereocenters. The molecule has 4 heteroatoms. The zero-order chi connectivity index (χ0) is 14.2. The highest BCUT2D eigenvalue weighted by atomic mass is 16.5. The molecule has 1 aliphatic rings. The van der Waals surface area contributed by atoms with Crippen LogP contribution in [-0.2, 0) is 0 Å². The van der Waals surface area contributed by atoms with Crippen molar-refractivity contribution in [3.05, 3.63) is 77.9 Å². The Morgan fingerprint density at radius 1 is 1.10 bits per heavy atom. The van der Waals surface area contributed by atoms with Gasteiger partial charge in [-0.05, 0) is 18.2 Å². The van der Waals surface area contributed by atoms with E-state index in [0.717, 1.165) is 16.9 Å². The molecular formula is C17H11N3O. The molecule has 3 aromatic rings. The minimum absolute atomic E-state index is 0.238. The standard InChI is InChI=1S/C17H11N3O/c18-9-12-5-1-4-8-16(12)21-17-13-6-2-3-7-14(13)20-11-19-10-15(17)20/h1-8,10-11,17H. The number of rotatable bonds is 2. The second-order valence-corrected chi connectivity index (χ2v) is 4.85. The van der Waals surface area contributed by atoms with Crippen LogP contribution in [0.2, 0.25) is 0 Å². The van der Waals surface area contributed by atoms with E-state index in [1.54, 1.807) is 18.6 Å². The first-order valence-corrected chi connectivity index (χ1v) is 6.66. The van der Waals surface area contributed by atoms with E-state index in [9.17, 15) is 5.26 Å². The largest absolute Gasteiger partial charge is 0.478 e. The lowest BCUT2D eigenvalue weighted by Crippen LogP contribution is -2.07. The third kappa shape index (κ3) is 1.72. The topological polar surface area (TPSA) is 50.8 Å². The second kappa shape index (κ2) is 4.50. The monoisotopic (exact) mass is 273 g/mol. The van der Waals surface area contributed by atoms with Crippen molar-refractivity contribution in [3.63, 3.8) is 0 Å². The van der Waals surface area contributed by atoms with Crippen LogP contribution >= 0.6 is 0 Å². The number of nitriles is 1. The van der Waals surface area contributed by atoms with Gasteiger partial charge in [-0.3, -0.25) is 4.57 Å². The lowest BCUT2D eigenvalue weighted by Gasteiger charge is -2.15. The molecule has 1 aliphatic heterocycles. The fourth-order valence-electron chi connectivity index (χ4n) is 2.70. The van der Waals surface area contributed by atoms with Crippen LogP contribution < -0.4 is 4.74 Å². The van der Waals surface area contributed by atoms with Crippen LogP contribution in [0.15, 0.2) is 61.1 Å². The van der Waals surface area contributed by atoms with Gasteiger partial charge in [-0.25, -0.2) is 4.98 Å². The van der Waals surface area contributed by atoms with Crippen LogP contribution in [0, 0.1) is 11.3 Å². The van der Waals surface area contributed by atoms with Crippen molar-refractivity contribution in [2.24, 2.45) is 0 Å². The summed E-state index contributed by atoms with van der Waals surface area (Å²) in [7, 11) is 0. The summed E-state index contributed by atoms with van der Waals surface area (Å²) in [5.74, 6) is 0.592. The van der Waals surface area contributed by atoms with Gasteiger partial charge in [-0.15, -0.1) is 0 Å². The molecule has 0 saturated carbocycles. The Hall–Kier alpha value is -3.06. The zero-order valence-corrected chi connectivity index (χ0v) is 11.1. The Morgan fingerprint density at radius 2 is 1.90 bits per heavy atom.